The smallest absolute Gasteiger partial charge is 0.335 e. The molecule has 0 spiro atoms. The van der Waals surface area contributed by atoms with Gasteiger partial charge in [-0.1, -0.05) is 47.5 Å². The molecule has 4 aromatic rings. The first-order valence-electron chi connectivity index (χ1n) is 11.5. The van der Waals surface area contributed by atoms with E-state index < -0.39 is 5.97 Å². The summed E-state index contributed by atoms with van der Waals surface area (Å²) in [5, 5.41) is 11.7. The molecule has 2 heterocycles. The lowest BCUT2D eigenvalue weighted by Gasteiger charge is -2.12. The van der Waals surface area contributed by atoms with Crippen LogP contribution in [0.3, 0.4) is 0 Å². The molecule has 186 valence electrons. The molecular weight excluding hydrogens is 529 g/mol. The fourth-order valence-corrected chi connectivity index (χ4v) is 5.53. The Bertz CT molecular complexity index is 1590. The average molecular weight is 550 g/mol. The fraction of sp³-hybridized carbons (Fsp3) is 0.107. The van der Waals surface area contributed by atoms with Gasteiger partial charge in [-0.25, -0.2) is 9.79 Å². The number of hydrogen-bond acceptors (Lipinski definition) is 4. The number of amidine groups is 1. The van der Waals surface area contributed by atoms with E-state index in [4.69, 9.17) is 28.3 Å². The maximum atomic E-state index is 13.2. The number of fused-ring (bicyclic) bond motifs is 1. The van der Waals surface area contributed by atoms with Gasteiger partial charge in [0.05, 0.1) is 26.2 Å². The molecule has 5 rings (SSSR count). The van der Waals surface area contributed by atoms with E-state index in [1.807, 2.05) is 55.6 Å². The van der Waals surface area contributed by atoms with Crippen molar-refractivity contribution in [3.05, 3.63) is 105 Å². The largest absolute Gasteiger partial charge is 0.478 e. The van der Waals surface area contributed by atoms with Gasteiger partial charge in [0, 0.05) is 35.8 Å². The average Bonchev–Trinajstić information content (AvgIpc) is 3.38. The normalized spacial score (nSPS) is 15.9. The minimum Gasteiger partial charge on any atom is -0.478 e. The van der Waals surface area contributed by atoms with E-state index in [2.05, 4.69) is 9.56 Å². The Balaban J connectivity index is 1.49. The summed E-state index contributed by atoms with van der Waals surface area (Å²) in [4.78, 5) is 31.2. The van der Waals surface area contributed by atoms with E-state index in [0.29, 0.717) is 38.9 Å². The van der Waals surface area contributed by atoms with E-state index in [0.717, 1.165) is 22.0 Å². The number of para-hydroxylation sites is 1. The minimum atomic E-state index is -0.997. The van der Waals surface area contributed by atoms with E-state index in [1.165, 1.54) is 23.9 Å². The number of likely N-dealkylation sites (N-methyl/N-ethyl adjacent to an activating group) is 1. The number of amides is 1. The van der Waals surface area contributed by atoms with Gasteiger partial charge in [0.1, 0.15) is 0 Å². The Morgan fingerprint density at radius 3 is 2.51 bits per heavy atom. The molecule has 37 heavy (non-hydrogen) atoms. The summed E-state index contributed by atoms with van der Waals surface area (Å²) in [5.74, 6) is -1.11. The summed E-state index contributed by atoms with van der Waals surface area (Å²) in [7, 11) is 0. The number of benzene rings is 3. The van der Waals surface area contributed by atoms with Crippen molar-refractivity contribution in [3.8, 4) is 0 Å². The van der Waals surface area contributed by atoms with E-state index in [9.17, 15) is 9.59 Å². The summed E-state index contributed by atoms with van der Waals surface area (Å²) in [6.45, 7) is 2.96. The number of rotatable bonds is 6. The Labute approximate surface area is 227 Å². The third-order valence-corrected chi connectivity index (χ3v) is 7.73. The molecule has 0 saturated carbocycles. The third-order valence-electron chi connectivity index (χ3n) is 5.99. The van der Waals surface area contributed by atoms with Gasteiger partial charge < -0.3 is 9.67 Å². The van der Waals surface area contributed by atoms with Gasteiger partial charge in [0.15, 0.2) is 5.17 Å². The molecular formula is C28H21Cl2N3O3S. The van der Waals surface area contributed by atoms with Gasteiger partial charge in [-0.2, -0.15) is 0 Å². The molecule has 3 aromatic carbocycles. The lowest BCUT2D eigenvalue weighted by molar-refractivity contribution is -0.122. The summed E-state index contributed by atoms with van der Waals surface area (Å²) in [5.41, 5.74) is 3.74. The first-order valence-corrected chi connectivity index (χ1v) is 13.1. The lowest BCUT2D eigenvalue weighted by Crippen LogP contribution is -2.28. The number of carbonyl (C=O) groups excluding carboxylic acids is 1. The number of aromatic carboxylic acids is 1. The summed E-state index contributed by atoms with van der Waals surface area (Å²) >= 11 is 13.6. The van der Waals surface area contributed by atoms with Gasteiger partial charge in [-0.15, -0.1) is 0 Å². The molecule has 0 radical (unpaired) electrons. The highest BCUT2D eigenvalue weighted by Gasteiger charge is 2.32. The number of nitrogens with zero attached hydrogens (tertiary/aromatic N) is 3. The zero-order valence-corrected chi connectivity index (χ0v) is 22.0. The number of carbonyl (C=O) groups is 2. The van der Waals surface area contributed by atoms with Crippen LogP contribution in [0, 0.1) is 0 Å². The Morgan fingerprint density at radius 2 is 1.81 bits per heavy atom. The molecule has 1 fully saturated rings. The van der Waals surface area contributed by atoms with Crippen LogP contribution >= 0.6 is 35.0 Å². The molecule has 0 bridgehead atoms. The van der Waals surface area contributed by atoms with Crippen molar-refractivity contribution in [1.82, 2.24) is 9.47 Å². The molecule has 0 atom stereocenters. The molecule has 6 nitrogen and oxygen atoms in total. The standard InChI is InChI=1S/C28H21Cl2N3O3S/c1-2-33-26(34)25(37-28(33)31-20-10-8-18(9-11-20)27(35)36)14-19-16-32(24-6-4-3-5-21(19)24)15-17-7-12-22(29)23(30)13-17/h3-14,16H,2,15H2,1H3,(H,35,36). The van der Waals surface area contributed by atoms with Gasteiger partial charge in [-0.3, -0.25) is 9.69 Å². The van der Waals surface area contributed by atoms with E-state index in [1.54, 1.807) is 23.1 Å². The highest BCUT2D eigenvalue weighted by molar-refractivity contribution is 8.18. The number of thioether (sulfide) groups is 1. The molecule has 1 N–H and O–H groups in total. The molecule has 0 unspecified atom stereocenters. The number of halogens is 2. The second-order valence-corrected chi connectivity index (χ2v) is 10.2. The SMILES string of the molecule is CCN1C(=O)C(=Cc2cn(Cc3ccc(Cl)c(Cl)c3)c3ccccc23)SC1=Nc1ccc(C(=O)O)cc1. The van der Waals surface area contributed by atoms with Gasteiger partial charge >= 0.3 is 5.97 Å². The Hall–Kier alpha value is -3.52. The molecule has 1 aliphatic rings. The minimum absolute atomic E-state index is 0.116. The number of hydrogen-bond donors (Lipinski definition) is 1. The highest BCUT2D eigenvalue weighted by atomic mass is 35.5. The monoisotopic (exact) mass is 549 g/mol. The second kappa shape index (κ2) is 10.5. The molecule has 1 amide bonds. The first-order chi connectivity index (χ1) is 17.8. The van der Waals surface area contributed by atoms with Crippen LogP contribution in [0.1, 0.15) is 28.4 Å². The van der Waals surface area contributed by atoms with Crippen LogP contribution in [0.2, 0.25) is 10.0 Å². The topological polar surface area (TPSA) is 74.9 Å². The number of aromatic nitrogens is 1. The molecule has 1 aliphatic heterocycles. The van der Waals surface area contributed by atoms with Crippen molar-refractivity contribution in [2.24, 2.45) is 4.99 Å². The molecule has 0 aliphatic carbocycles. The predicted molar refractivity (Wildman–Crippen MR) is 151 cm³/mol. The highest BCUT2D eigenvalue weighted by Crippen LogP contribution is 2.36. The quantitative estimate of drug-likeness (QED) is 0.255. The number of carboxylic acids is 1. The maximum Gasteiger partial charge on any atom is 0.335 e. The zero-order valence-electron chi connectivity index (χ0n) is 19.7. The Kier molecular flexibility index (Phi) is 7.11. The van der Waals surface area contributed by atoms with Crippen LogP contribution in [0.5, 0.6) is 0 Å². The third kappa shape index (κ3) is 5.16. The van der Waals surface area contributed by atoms with Crippen molar-refractivity contribution in [1.29, 1.82) is 0 Å². The zero-order chi connectivity index (χ0) is 26.1. The first kappa shape index (κ1) is 25.1. The summed E-state index contributed by atoms with van der Waals surface area (Å²) in [6, 6.07) is 19.9. The Morgan fingerprint density at radius 1 is 1.05 bits per heavy atom. The molecule has 1 saturated heterocycles. The van der Waals surface area contributed by atoms with Crippen LogP contribution in [0.25, 0.3) is 17.0 Å². The van der Waals surface area contributed by atoms with Crippen molar-refractivity contribution in [2.75, 3.05) is 6.54 Å². The van der Waals surface area contributed by atoms with Crippen molar-refractivity contribution < 1.29 is 14.7 Å². The molecule has 1 aromatic heterocycles. The van der Waals surface area contributed by atoms with Crippen LogP contribution < -0.4 is 0 Å². The van der Waals surface area contributed by atoms with Crippen LogP contribution in [0.4, 0.5) is 5.69 Å². The van der Waals surface area contributed by atoms with Crippen LogP contribution in [-0.4, -0.2) is 38.2 Å². The van der Waals surface area contributed by atoms with Crippen molar-refractivity contribution >= 4 is 74.7 Å². The second-order valence-electron chi connectivity index (χ2n) is 8.38. The maximum absolute atomic E-state index is 13.2. The van der Waals surface area contributed by atoms with Gasteiger partial charge in [0.25, 0.3) is 5.91 Å². The predicted octanol–water partition coefficient (Wildman–Crippen LogP) is 7.32. The number of carboxylic acid groups (broad SMARTS) is 1. The fourth-order valence-electron chi connectivity index (χ4n) is 4.16. The van der Waals surface area contributed by atoms with Crippen LogP contribution in [0.15, 0.2) is 82.8 Å². The summed E-state index contributed by atoms with van der Waals surface area (Å²) in [6.07, 6.45) is 3.93. The van der Waals surface area contributed by atoms with Gasteiger partial charge in [-0.05, 0) is 72.8 Å². The van der Waals surface area contributed by atoms with E-state index >= 15 is 0 Å². The van der Waals surface area contributed by atoms with Crippen molar-refractivity contribution in [2.45, 2.75) is 13.5 Å². The van der Waals surface area contributed by atoms with Crippen LogP contribution in [-0.2, 0) is 11.3 Å². The van der Waals surface area contributed by atoms with E-state index in [-0.39, 0.29) is 11.5 Å². The number of aliphatic imine (C=N–C) groups is 1. The molecule has 9 heteroatoms. The summed E-state index contributed by atoms with van der Waals surface area (Å²) < 4.78 is 2.13. The lowest BCUT2D eigenvalue weighted by atomic mass is 10.1. The van der Waals surface area contributed by atoms with Crippen molar-refractivity contribution in [3.63, 3.8) is 0 Å². The van der Waals surface area contributed by atoms with Gasteiger partial charge in [0.2, 0.25) is 0 Å².